The van der Waals surface area contributed by atoms with Crippen molar-refractivity contribution in [2.75, 3.05) is 0 Å². The van der Waals surface area contributed by atoms with Gasteiger partial charge in [-0.2, -0.15) is 0 Å². The normalized spacial score (nSPS) is 20.3. The van der Waals surface area contributed by atoms with Gasteiger partial charge in [0.15, 0.2) is 0 Å². The molecule has 0 bridgehead atoms. The van der Waals surface area contributed by atoms with Crippen LogP contribution in [-0.4, -0.2) is 5.11 Å². The molecule has 0 radical (unpaired) electrons. The molecule has 1 aromatic carbocycles. The Kier molecular flexibility index (Phi) is 3.68. The topological polar surface area (TPSA) is 20.2 Å². The van der Waals surface area contributed by atoms with Crippen LogP contribution in [0.5, 0.6) is 0 Å². The number of rotatable bonds is 2. The van der Waals surface area contributed by atoms with Gasteiger partial charge in [0.2, 0.25) is 0 Å². The Morgan fingerprint density at radius 3 is 2.47 bits per heavy atom. The van der Waals surface area contributed by atoms with E-state index < -0.39 is 5.60 Å². The zero-order chi connectivity index (χ0) is 12.3. The van der Waals surface area contributed by atoms with Gasteiger partial charge in [-0.15, -0.1) is 0 Å². The summed E-state index contributed by atoms with van der Waals surface area (Å²) < 4.78 is 0. The first-order chi connectivity index (χ1) is 8.10. The number of aryl methyl sites for hydroxylation is 1. The lowest BCUT2D eigenvalue weighted by molar-refractivity contribution is 0.0931. The van der Waals surface area contributed by atoms with E-state index in [1.54, 1.807) is 0 Å². The van der Waals surface area contributed by atoms with Crippen molar-refractivity contribution in [3.05, 3.63) is 47.0 Å². The molecule has 0 aromatic heterocycles. The lowest BCUT2D eigenvalue weighted by Crippen LogP contribution is -2.24. The smallest absolute Gasteiger partial charge is 0.108 e. The fraction of sp³-hybridized carbons (Fsp3) is 0.500. The summed E-state index contributed by atoms with van der Waals surface area (Å²) >= 11 is 0. The molecule has 1 aromatic rings. The predicted molar refractivity (Wildman–Crippen MR) is 71.9 cm³/mol. The molecule has 0 fully saturated rings. The molecule has 1 nitrogen and oxygen atoms in total. The third-order valence-corrected chi connectivity index (χ3v) is 3.78. The second kappa shape index (κ2) is 5.05. The minimum atomic E-state index is -0.794. The molecule has 1 atom stereocenters. The third-order valence-electron chi connectivity index (χ3n) is 3.78. The van der Waals surface area contributed by atoms with Crippen molar-refractivity contribution in [3.8, 4) is 0 Å². The predicted octanol–water partition coefficient (Wildman–Crippen LogP) is 4.09. The largest absolute Gasteiger partial charge is 0.381 e. The van der Waals surface area contributed by atoms with Crippen LogP contribution in [0.4, 0.5) is 0 Å². The minimum absolute atomic E-state index is 0.794. The molecule has 0 saturated carbocycles. The maximum atomic E-state index is 10.8. The highest BCUT2D eigenvalue weighted by molar-refractivity contribution is 5.34. The molecule has 1 unspecified atom stereocenters. The average Bonchev–Trinajstić information content (AvgIpc) is 2.58. The van der Waals surface area contributed by atoms with E-state index in [9.17, 15) is 5.11 Å². The highest BCUT2D eigenvalue weighted by atomic mass is 16.3. The Morgan fingerprint density at radius 2 is 1.76 bits per heavy atom. The first-order valence-electron chi connectivity index (χ1n) is 6.60. The Labute approximate surface area is 104 Å². The summed E-state index contributed by atoms with van der Waals surface area (Å²) in [6.07, 6.45) is 8.12. The quantitative estimate of drug-likeness (QED) is 0.759. The standard InChI is InChI=1S/C16H22O/c1-13-9-11-15(12-10-13)16(2,17)14-7-5-3-4-6-8-14/h7,9-12,17H,3-6,8H2,1-2H3. The molecule has 0 aliphatic heterocycles. The van der Waals surface area contributed by atoms with Crippen molar-refractivity contribution in [1.82, 2.24) is 0 Å². The van der Waals surface area contributed by atoms with Gasteiger partial charge in [-0.05, 0) is 50.7 Å². The lowest BCUT2D eigenvalue weighted by atomic mass is 9.85. The first kappa shape index (κ1) is 12.4. The van der Waals surface area contributed by atoms with Crippen molar-refractivity contribution < 1.29 is 5.11 Å². The van der Waals surface area contributed by atoms with Gasteiger partial charge < -0.3 is 5.11 Å². The Hall–Kier alpha value is -1.08. The monoisotopic (exact) mass is 230 g/mol. The Balaban J connectivity index is 2.27. The van der Waals surface area contributed by atoms with E-state index >= 15 is 0 Å². The molecule has 1 aliphatic carbocycles. The summed E-state index contributed by atoms with van der Waals surface area (Å²) in [6, 6.07) is 8.23. The molecule has 2 rings (SSSR count). The fourth-order valence-electron chi connectivity index (χ4n) is 2.52. The summed E-state index contributed by atoms with van der Waals surface area (Å²) in [5.74, 6) is 0. The highest BCUT2D eigenvalue weighted by Gasteiger charge is 2.27. The van der Waals surface area contributed by atoms with E-state index in [0.29, 0.717) is 0 Å². The van der Waals surface area contributed by atoms with E-state index in [1.165, 1.54) is 30.4 Å². The van der Waals surface area contributed by atoms with Gasteiger partial charge in [-0.1, -0.05) is 42.3 Å². The number of allylic oxidation sites excluding steroid dienone is 1. The second-order valence-electron chi connectivity index (χ2n) is 5.27. The van der Waals surface area contributed by atoms with Crippen LogP contribution in [0.3, 0.4) is 0 Å². The minimum Gasteiger partial charge on any atom is -0.381 e. The molecule has 17 heavy (non-hydrogen) atoms. The molecule has 1 aliphatic rings. The molecule has 1 N–H and O–H groups in total. The van der Waals surface area contributed by atoms with Crippen molar-refractivity contribution in [3.63, 3.8) is 0 Å². The van der Waals surface area contributed by atoms with Crippen molar-refractivity contribution >= 4 is 0 Å². The van der Waals surface area contributed by atoms with Crippen LogP contribution in [-0.2, 0) is 5.60 Å². The zero-order valence-corrected chi connectivity index (χ0v) is 10.9. The summed E-state index contributed by atoms with van der Waals surface area (Å²) in [4.78, 5) is 0. The van der Waals surface area contributed by atoms with Crippen LogP contribution in [0.15, 0.2) is 35.9 Å². The van der Waals surface area contributed by atoms with Crippen molar-refractivity contribution in [1.29, 1.82) is 0 Å². The van der Waals surface area contributed by atoms with Gasteiger partial charge in [-0.25, -0.2) is 0 Å². The van der Waals surface area contributed by atoms with E-state index in [-0.39, 0.29) is 0 Å². The molecular formula is C16H22O. The van der Waals surface area contributed by atoms with E-state index in [2.05, 4.69) is 25.1 Å². The van der Waals surface area contributed by atoms with Crippen LogP contribution in [0, 0.1) is 6.92 Å². The molecule has 0 spiro atoms. The number of hydrogen-bond acceptors (Lipinski definition) is 1. The van der Waals surface area contributed by atoms with Crippen LogP contribution in [0.2, 0.25) is 0 Å². The maximum absolute atomic E-state index is 10.8. The first-order valence-corrected chi connectivity index (χ1v) is 6.60. The van der Waals surface area contributed by atoms with Gasteiger partial charge in [-0.3, -0.25) is 0 Å². The molecule has 0 amide bonds. The zero-order valence-electron chi connectivity index (χ0n) is 10.9. The number of hydrogen-bond donors (Lipinski definition) is 1. The van der Waals surface area contributed by atoms with Gasteiger partial charge in [0, 0.05) is 0 Å². The Bertz CT molecular complexity index is 398. The number of aliphatic hydroxyl groups is 1. The molecular weight excluding hydrogens is 208 g/mol. The van der Waals surface area contributed by atoms with Crippen molar-refractivity contribution in [2.24, 2.45) is 0 Å². The van der Waals surface area contributed by atoms with E-state index in [1.807, 2.05) is 19.1 Å². The SMILES string of the molecule is Cc1ccc(C(C)(O)C2=CCCCCC2)cc1. The Morgan fingerprint density at radius 1 is 1.06 bits per heavy atom. The molecule has 0 heterocycles. The number of benzene rings is 1. The molecule has 1 heteroatoms. The van der Waals surface area contributed by atoms with E-state index in [0.717, 1.165) is 18.4 Å². The van der Waals surface area contributed by atoms with Gasteiger partial charge in [0.25, 0.3) is 0 Å². The van der Waals surface area contributed by atoms with Gasteiger partial charge >= 0.3 is 0 Å². The molecule has 0 saturated heterocycles. The summed E-state index contributed by atoms with van der Waals surface area (Å²) in [5, 5.41) is 10.8. The third kappa shape index (κ3) is 2.78. The van der Waals surface area contributed by atoms with E-state index in [4.69, 9.17) is 0 Å². The summed E-state index contributed by atoms with van der Waals surface area (Å²) in [7, 11) is 0. The van der Waals surface area contributed by atoms with Crippen LogP contribution in [0.1, 0.15) is 50.2 Å². The van der Waals surface area contributed by atoms with Crippen molar-refractivity contribution in [2.45, 2.75) is 51.6 Å². The summed E-state index contributed by atoms with van der Waals surface area (Å²) in [5.41, 5.74) is 2.65. The lowest BCUT2D eigenvalue weighted by Gasteiger charge is -2.27. The van der Waals surface area contributed by atoms with Crippen LogP contribution < -0.4 is 0 Å². The average molecular weight is 230 g/mol. The van der Waals surface area contributed by atoms with Crippen LogP contribution in [0.25, 0.3) is 0 Å². The summed E-state index contributed by atoms with van der Waals surface area (Å²) in [6.45, 7) is 4.00. The highest BCUT2D eigenvalue weighted by Crippen LogP contribution is 2.34. The van der Waals surface area contributed by atoms with Crippen LogP contribution >= 0.6 is 0 Å². The fourth-order valence-corrected chi connectivity index (χ4v) is 2.52. The second-order valence-corrected chi connectivity index (χ2v) is 5.27. The maximum Gasteiger partial charge on any atom is 0.108 e. The van der Waals surface area contributed by atoms with Gasteiger partial charge in [0.05, 0.1) is 0 Å². The van der Waals surface area contributed by atoms with Gasteiger partial charge in [0.1, 0.15) is 5.60 Å². The molecule has 92 valence electrons.